The van der Waals surface area contributed by atoms with E-state index in [1.165, 1.54) is 12.1 Å². The number of carboxylic acid groups (broad SMARTS) is 1. The van der Waals surface area contributed by atoms with Crippen LogP contribution in [0, 0.1) is 0 Å². The van der Waals surface area contributed by atoms with Crippen molar-refractivity contribution in [1.29, 1.82) is 0 Å². The summed E-state index contributed by atoms with van der Waals surface area (Å²) in [7, 11) is 0. The Hall–Kier alpha value is -3.99. The van der Waals surface area contributed by atoms with Crippen molar-refractivity contribution in [3.05, 3.63) is 95.6 Å². The lowest BCUT2D eigenvalue weighted by Crippen LogP contribution is -2.25. The SMILES string of the molecule is O=C(O)c1ccccc1.O=C1NC(=O)C(Cc2ccc(OCCc3ccc(OC(F)(F)F)cc3)cc2)S1. The zero-order valence-electron chi connectivity index (χ0n) is 19.2. The third-order valence-corrected chi connectivity index (χ3v) is 5.93. The van der Waals surface area contributed by atoms with Crippen molar-refractivity contribution in [1.82, 2.24) is 5.32 Å². The summed E-state index contributed by atoms with van der Waals surface area (Å²) in [4.78, 5) is 33.0. The van der Waals surface area contributed by atoms with E-state index in [-0.39, 0.29) is 16.9 Å². The van der Waals surface area contributed by atoms with Crippen LogP contribution >= 0.6 is 11.8 Å². The first-order chi connectivity index (χ1) is 17.6. The first-order valence-electron chi connectivity index (χ1n) is 11.0. The predicted molar refractivity (Wildman–Crippen MR) is 131 cm³/mol. The van der Waals surface area contributed by atoms with Gasteiger partial charge >= 0.3 is 12.3 Å². The van der Waals surface area contributed by atoms with Crippen molar-refractivity contribution in [2.45, 2.75) is 24.5 Å². The summed E-state index contributed by atoms with van der Waals surface area (Å²) >= 11 is 0.986. The number of carboxylic acids is 1. The van der Waals surface area contributed by atoms with E-state index in [2.05, 4.69) is 10.1 Å². The van der Waals surface area contributed by atoms with Crippen LogP contribution in [0.5, 0.6) is 11.5 Å². The highest BCUT2D eigenvalue weighted by Gasteiger charge is 2.32. The van der Waals surface area contributed by atoms with Crippen LogP contribution < -0.4 is 14.8 Å². The number of thioether (sulfide) groups is 1. The Kier molecular flexibility index (Phi) is 9.56. The number of imide groups is 1. The lowest BCUT2D eigenvalue weighted by Gasteiger charge is -2.10. The van der Waals surface area contributed by atoms with Crippen molar-refractivity contribution in [3.63, 3.8) is 0 Å². The molecule has 37 heavy (non-hydrogen) atoms. The number of rotatable bonds is 8. The molecule has 1 heterocycles. The van der Waals surface area contributed by atoms with Gasteiger partial charge in [0.25, 0.3) is 5.24 Å². The Bertz CT molecular complexity index is 1200. The summed E-state index contributed by atoms with van der Waals surface area (Å²) < 4.78 is 45.9. The molecule has 1 aliphatic rings. The number of halogens is 3. The molecule has 0 aliphatic carbocycles. The van der Waals surface area contributed by atoms with Gasteiger partial charge in [0.1, 0.15) is 11.5 Å². The maximum atomic E-state index is 12.1. The maximum Gasteiger partial charge on any atom is 0.573 e. The Morgan fingerprint density at radius 3 is 2.00 bits per heavy atom. The molecule has 194 valence electrons. The molecule has 0 saturated carbocycles. The van der Waals surface area contributed by atoms with Crippen LogP contribution in [0.25, 0.3) is 0 Å². The number of benzene rings is 3. The van der Waals surface area contributed by atoms with Crippen molar-refractivity contribution in [2.75, 3.05) is 6.61 Å². The van der Waals surface area contributed by atoms with Gasteiger partial charge in [-0.15, -0.1) is 13.2 Å². The Labute approximate surface area is 214 Å². The van der Waals surface area contributed by atoms with E-state index in [4.69, 9.17) is 9.84 Å². The molecule has 0 radical (unpaired) electrons. The highest BCUT2D eigenvalue weighted by atomic mass is 32.2. The molecule has 2 amide bonds. The first-order valence-corrected chi connectivity index (χ1v) is 11.8. The predicted octanol–water partition coefficient (Wildman–Crippen LogP) is 5.49. The molecule has 1 unspecified atom stereocenters. The molecule has 1 aliphatic heterocycles. The minimum Gasteiger partial charge on any atom is -0.493 e. The maximum absolute atomic E-state index is 12.1. The molecule has 1 fully saturated rings. The fourth-order valence-corrected chi connectivity index (χ4v) is 4.05. The molecule has 0 bridgehead atoms. The number of amides is 2. The number of nitrogens with one attached hydrogen (secondary N) is 1. The summed E-state index contributed by atoms with van der Waals surface area (Å²) in [6.07, 6.45) is -3.73. The van der Waals surface area contributed by atoms with E-state index in [0.717, 1.165) is 22.9 Å². The second-order valence-corrected chi connectivity index (χ2v) is 8.87. The molecular weight excluding hydrogens is 511 g/mol. The van der Waals surface area contributed by atoms with Gasteiger partial charge < -0.3 is 14.6 Å². The molecule has 1 atom stereocenters. The molecule has 1 saturated heterocycles. The van der Waals surface area contributed by atoms with Crippen LogP contribution in [0.3, 0.4) is 0 Å². The molecule has 0 spiro atoms. The van der Waals surface area contributed by atoms with Crippen molar-refractivity contribution in [2.24, 2.45) is 0 Å². The molecule has 2 N–H and O–H groups in total. The fourth-order valence-electron chi connectivity index (χ4n) is 3.19. The molecule has 11 heteroatoms. The average Bonchev–Trinajstić information content (AvgIpc) is 3.17. The smallest absolute Gasteiger partial charge is 0.493 e. The van der Waals surface area contributed by atoms with E-state index < -0.39 is 17.6 Å². The molecule has 7 nitrogen and oxygen atoms in total. The normalized spacial score (nSPS) is 14.8. The third-order valence-electron chi connectivity index (χ3n) is 4.95. The standard InChI is InChI=1S/C19H16F3NO4S.C7H6O2/c20-19(21,22)27-15-7-1-12(2-8-15)9-10-26-14-5-3-13(4-6-14)11-16-17(24)23-18(25)28-16;8-7(9)6-4-2-1-3-5-6/h1-8,16H,9-11H2,(H,23,24,25);1-5H,(H,8,9). The van der Waals surface area contributed by atoms with Gasteiger partial charge in [-0.25, -0.2) is 4.79 Å². The summed E-state index contributed by atoms with van der Waals surface area (Å²) in [5.74, 6) is -0.776. The molecular formula is C26H22F3NO6S. The quantitative estimate of drug-likeness (QED) is 0.395. The minimum absolute atomic E-state index is 0.261. The van der Waals surface area contributed by atoms with E-state index >= 15 is 0 Å². The van der Waals surface area contributed by atoms with Crippen LogP contribution in [0.2, 0.25) is 0 Å². The van der Waals surface area contributed by atoms with Gasteiger partial charge in [-0.3, -0.25) is 14.9 Å². The second-order valence-electron chi connectivity index (χ2n) is 7.69. The van der Waals surface area contributed by atoms with Crippen LogP contribution in [-0.2, 0) is 17.6 Å². The van der Waals surface area contributed by atoms with E-state index in [1.807, 2.05) is 12.1 Å². The van der Waals surface area contributed by atoms with E-state index in [9.17, 15) is 27.6 Å². The zero-order chi connectivity index (χ0) is 26.8. The summed E-state index contributed by atoms with van der Waals surface area (Å²) in [5.41, 5.74) is 2.06. The topological polar surface area (TPSA) is 102 Å². The van der Waals surface area contributed by atoms with Crippen molar-refractivity contribution in [3.8, 4) is 11.5 Å². The van der Waals surface area contributed by atoms with Gasteiger partial charge in [0.15, 0.2) is 0 Å². The highest BCUT2D eigenvalue weighted by molar-refractivity contribution is 8.15. The first kappa shape index (κ1) is 27.6. The van der Waals surface area contributed by atoms with Gasteiger partial charge in [-0.05, 0) is 53.9 Å². The van der Waals surface area contributed by atoms with Crippen LogP contribution in [0.15, 0.2) is 78.9 Å². The Balaban J connectivity index is 0.000000356. The number of hydrogen-bond acceptors (Lipinski definition) is 6. The summed E-state index contributed by atoms with van der Waals surface area (Å²) in [5, 5.41) is 9.90. The summed E-state index contributed by atoms with van der Waals surface area (Å²) in [6.45, 7) is 0.355. The Morgan fingerprint density at radius 2 is 1.49 bits per heavy atom. The van der Waals surface area contributed by atoms with Crippen LogP contribution in [0.4, 0.5) is 18.0 Å². The van der Waals surface area contributed by atoms with Gasteiger partial charge in [-0.1, -0.05) is 54.2 Å². The minimum atomic E-state index is -4.70. The van der Waals surface area contributed by atoms with Gasteiger partial charge in [0.05, 0.1) is 17.4 Å². The number of carbonyl (C=O) groups is 3. The molecule has 0 aromatic heterocycles. The van der Waals surface area contributed by atoms with Crippen molar-refractivity contribution < 1.29 is 42.1 Å². The Morgan fingerprint density at radius 1 is 0.892 bits per heavy atom. The molecule has 4 rings (SSSR count). The number of hydrogen-bond donors (Lipinski definition) is 2. The average molecular weight is 534 g/mol. The van der Waals surface area contributed by atoms with Crippen molar-refractivity contribution >= 4 is 28.9 Å². The lowest BCUT2D eigenvalue weighted by molar-refractivity contribution is -0.274. The van der Waals surface area contributed by atoms with E-state index in [1.54, 1.807) is 54.6 Å². The molecule has 3 aromatic carbocycles. The van der Waals surface area contributed by atoms with Gasteiger partial charge in [0, 0.05) is 6.42 Å². The highest BCUT2D eigenvalue weighted by Crippen LogP contribution is 2.25. The number of ether oxygens (including phenoxy) is 2. The van der Waals surface area contributed by atoms with E-state index in [0.29, 0.717) is 30.8 Å². The largest absolute Gasteiger partial charge is 0.573 e. The second kappa shape index (κ2) is 12.8. The van der Waals surface area contributed by atoms with Crippen LogP contribution in [0.1, 0.15) is 21.5 Å². The van der Waals surface area contributed by atoms with Gasteiger partial charge in [-0.2, -0.15) is 0 Å². The third kappa shape index (κ3) is 9.53. The fraction of sp³-hybridized carbons (Fsp3) is 0.192. The lowest BCUT2D eigenvalue weighted by atomic mass is 10.1. The number of carbonyl (C=O) groups excluding carboxylic acids is 2. The molecule has 3 aromatic rings. The summed E-state index contributed by atoms with van der Waals surface area (Å²) in [6, 6.07) is 21.1. The monoisotopic (exact) mass is 533 g/mol. The van der Waals surface area contributed by atoms with Crippen LogP contribution in [-0.4, -0.2) is 40.4 Å². The number of alkyl halides is 3. The number of aromatic carboxylic acids is 1. The van der Waals surface area contributed by atoms with Gasteiger partial charge in [0.2, 0.25) is 5.91 Å². The zero-order valence-corrected chi connectivity index (χ0v) is 20.1.